The van der Waals surface area contributed by atoms with E-state index in [1.165, 1.54) is 80.7 Å². The van der Waals surface area contributed by atoms with Gasteiger partial charge in [-0.2, -0.15) is 0 Å². The number of fused-ring (bicyclic) bond motifs is 12. The second-order valence-electron chi connectivity index (χ2n) is 11.4. The van der Waals surface area contributed by atoms with Crippen molar-refractivity contribution in [3.63, 3.8) is 0 Å². The predicted octanol–water partition coefficient (Wildman–Crippen LogP) is 10.6. The van der Waals surface area contributed by atoms with Crippen LogP contribution in [-0.4, -0.2) is 4.57 Å². The Morgan fingerprint density at radius 3 is 2.26 bits per heavy atom. The van der Waals surface area contributed by atoms with Gasteiger partial charge in [0, 0.05) is 37.3 Å². The van der Waals surface area contributed by atoms with Crippen LogP contribution in [0.4, 0.5) is 0 Å². The average Bonchev–Trinajstić information content (AvgIpc) is 3.59. The van der Waals surface area contributed by atoms with Crippen LogP contribution in [0.5, 0.6) is 0 Å². The van der Waals surface area contributed by atoms with Crippen molar-refractivity contribution < 1.29 is 0 Å². The van der Waals surface area contributed by atoms with Gasteiger partial charge in [-0.25, -0.2) is 0 Å². The van der Waals surface area contributed by atoms with Crippen LogP contribution in [0.1, 0.15) is 25.0 Å². The van der Waals surface area contributed by atoms with Crippen molar-refractivity contribution in [2.24, 2.45) is 0 Å². The lowest BCUT2D eigenvalue weighted by atomic mass is 9.82. The van der Waals surface area contributed by atoms with Gasteiger partial charge in [0.2, 0.25) is 0 Å². The average molecular weight is 516 g/mol. The molecule has 0 N–H and O–H groups in total. The molecule has 0 aliphatic heterocycles. The fraction of sp³-hybridized carbons (Fsp3) is 0.0811. The van der Waals surface area contributed by atoms with Crippen molar-refractivity contribution in [1.29, 1.82) is 0 Å². The number of benzene rings is 6. The Hall–Kier alpha value is -4.40. The molecule has 6 aromatic carbocycles. The van der Waals surface area contributed by atoms with E-state index in [1.54, 1.807) is 0 Å². The molecule has 1 nitrogen and oxygen atoms in total. The molecule has 0 radical (unpaired) electrons. The highest BCUT2D eigenvalue weighted by Gasteiger charge is 2.35. The third-order valence-electron chi connectivity index (χ3n) is 8.99. The van der Waals surface area contributed by atoms with Crippen LogP contribution in [0.15, 0.2) is 115 Å². The molecule has 39 heavy (non-hydrogen) atoms. The molecule has 0 amide bonds. The van der Waals surface area contributed by atoms with Gasteiger partial charge in [-0.15, -0.1) is 11.3 Å². The minimum atomic E-state index is -0.0413. The Labute approximate surface area is 230 Å². The van der Waals surface area contributed by atoms with Crippen LogP contribution in [-0.2, 0) is 5.41 Å². The largest absolute Gasteiger partial charge is 0.308 e. The van der Waals surface area contributed by atoms with Crippen LogP contribution in [0, 0.1) is 0 Å². The smallest absolute Gasteiger partial charge is 0.0719 e. The highest BCUT2D eigenvalue weighted by molar-refractivity contribution is 7.26. The van der Waals surface area contributed by atoms with Gasteiger partial charge in [-0.05, 0) is 57.3 Å². The maximum Gasteiger partial charge on any atom is 0.0719 e. The number of hydrogen-bond donors (Lipinski definition) is 0. The summed E-state index contributed by atoms with van der Waals surface area (Å²) in [7, 11) is 0. The Bertz CT molecular complexity index is 2310. The molecule has 2 heterocycles. The van der Waals surface area contributed by atoms with Crippen molar-refractivity contribution >= 4 is 64.1 Å². The van der Waals surface area contributed by atoms with Crippen LogP contribution in [0.2, 0.25) is 0 Å². The third kappa shape index (κ3) is 2.69. The van der Waals surface area contributed by atoms with Crippen LogP contribution < -0.4 is 0 Å². The Kier molecular flexibility index (Phi) is 4.07. The molecular weight excluding hydrogens is 490 g/mol. The molecule has 0 spiro atoms. The lowest BCUT2D eigenvalue weighted by molar-refractivity contribution is 0.660. The lowest BCUT2D eigenvalue weighted by Crippen LogP contribution is -2.15. The van der Waals surface area contributed by atoms with Crippen LogP contribution >= 0.6 is 11.3 Å². The van der Waals surface area contributed by atoms with Crippen LogP contribution in [0.25, 0.3) is 69.6 Å². The zero-order chi connectivity index (χ0) is 25.9. The van der Waals surface area contributed by atoms with Gasteiger partial charge in [0.1, 0.15) is 0 Å². The van der Waals surface area contributed by atoms with Crippen molar-refractivity contribution in [3.8, 4) is 16.8 Å². The fourth-order valence-electron chi connectivity index (χ4n) is 7.15. The van der Waals surface area contributed by atoms with Gasteiger partial charge in [0.05, 0.1) is 15.7 Å². The summed E-state index contributed by atoms with van der Waals surface area (Å²) in [6.07, 6.45) is 0. The maximum atomic E-state index is 2.54. The topological polar surface area (TPSA) is 4.93 Å². The third-order valence-corrected chi connectivity index (χ3v) is 10.2. The Morgan fingerprint density at radius 1 is 0.590 bits per heavy atom. The Morgan fingerprint density at radius 2 is 1.33 bits per heavy atom. The first-order valence-electron chi connectivity index (χ1n) is 13.6. The summed E-state index contributed by atoms with van der Waals surface area (Å²) in [6, 6.07) is 43.0. The van der Waals surface area contributed by atoms with E-state index in [1.807, 2.05) is 11.3 Å². The highest BCUT2D eigenvalue weighted by atomic mass is 32.1. The Balaban J connectivity index is 1.46. The van der Waals surface area contributed by atoms with Crippen molar-refractivity contribution in [2.75, 3.05) is 0 Å². The first kappa shape index (κ1) is 21.5. The minimum Gasteiger partial charge on any atom is -0.308 e. The molecule has 1 aliphatic rings. The van der Waals surface area contributed by atoms with Gasteiger partial charge >= 0.3 is 0 Å². The first-order valence-corrected chi connectivity index (χ1v) is 14.4. The molecule has 0 saturated carbocycles. The molecule has 8 aromatic rings. The van der Waals surface area contributed by atoms with E-state index in [0.717, 1.165) is 0 Å². The zero-order valence-electron chi connectivity index (χ0n) is 21.8. The second-order valence-corrected chi connectivity index (χ2v) is 12.4. The fourth-order valence-corrected chi connectivity index (χ4v) is 8.39. The zero-order valence-corrected chi connectivity index (χ0v) is 22.6. The second kappa shape index (κ2) is 7.37. The molecule has 2 aromatic heterocycles. The summed E-state index contributed by atoms with van der Waals surface area (Å²) >= 11 is 1.91. The van der Waals surface area contributed by atoms with Crippen LogP contribution in [0.3, 0.4) is 0 Å². The molecule has 0 fully saturated rings. The molecule has 9 rings (SSSR count). The lowest BCUT2D eigenvalue weighted by Gasteiger charge is -2.22. The SMILES string of the molecule is CC1(C)c2ccccc2-c2ccc(-n3c4ccc5ccccc5c4c4ccc5c6ccccc6sc5c43)cc21. The molecular formula is C37H25NS. The van der Waals surface area contributed by atoms with E-state index < -0.39 is 0 Å². The molecule has 0 atom stereocenters. The number of aromatic nitrogens is 1. The highest BCUT2D eigenvalue weighted by Crippen LogP contribution is 2.50. The van der Waals surface area contributed by atoms with Gasteiger partial charge in [-0.3, -0.25) is 0 Å². The molecule has 0 bridgehead atoms. The van der Waals surface area contributed by atoms with Crippen molar-refractivity contribution in [2.45, 2.75) is 19.3 Å². The predicted molar refractivity (Wildman–Crippen MR) is 169 cm³/mol. The van der Waals surface area contributed by atoms with Gasteiger partial charge in [0.25, 0.3) is 0 Å². The number of hydrogen-bond acceptors (Lipinski definition) is 1. The van der Waals surface area contributed by atoms with Gasteiger partial charge in [-0.1, -0.05) is 105 Å². The number of nitrogens with zero attached hydrogens (tertiary/aromatic N) is 1. The minimum absolute atomic E-state index is 0.0413. The first-order chi connectivity index (χ1) is 19.1. The maximum absolute atomic E-state index is 2.54. The normalized spacial score (nSPS) is 14.1. The molecule has 0 unspecified atom stereocenters. The summed E-state index contributed by atoms with van der Waals surface area (Å²) < 4.78 is 5.23. The summed E-state index contributed by atoms with van der Waals surface area (Å²) in [6.45, 7) is 4.73. The van der Waals surface area contributed by atoms with E-state index >= 15 is 0 Å². The van der Waals surface area contributed by atoms with E-state index in [4.69, 9.17) is 0 Å². The number of rotatable bonds is 1. The quantitative estimate of drug-likeness (QED) is 0.205. The monoisotopic (exact) mass is 515 g/mol. The summed E-state index contributed by atoms with van der Waals surface area (Å²) in [5.41, 5.74) is 9.31. The number of thiophene rings is 1. The van der Waals surface area contributed by atoms with Gasteiger partial charge < -0.3 is 4.57 Å². The van der Waals surface area contributed by atoms with E-state index in [2.05, 4.69) is 134 Å². The molecule has 2 heteroatoms. The van der Waals surface area contributed by atoms with Gasteiger partial charge in [0.15, 0.2) is 0 Å². The van der Waals surface area contributed by atoms with E-state index in [9.17, 15) is 0 Å². The van der Waals surface area contributed by atoms with Crippen molar-refractivity contribution in [3.05, 3.63) is 126 Å². The van der Waals surface area contributed by atoms with E-state index in [-0.39, 0.29) is 5.41 Å². The summed E-state index contributed by atoms with van der Waals surface area (Å²) in [5.74, 6) is 0. The summed E-state index contributed by atoms with van der Waals surface area (Å²) in [4.78, 5) is 0. The summed E-state index contributed by atoms with van der Waals surface area (Å²) in [5, 5.41) is 7.94. The standard InChI is InChI=1S/C37H25NS/c1-37(2)30-13-7-5-11-25(30)26-17-16-23(21-31(26)37)38-32-20-15-22-9-3-4-10-24(22)34(32)29-19-18-28-27-12-6-8-14-33(27)39-36(28)35(29)38/h3-21H,1-2H3. The molecule has 0 saturated heterocycles. The molecule has 184 valence electrons. The van der Waals surface area contributed by atoms with E-state index in [0.29, 0.717) is 0 Å². The molecule has 1 aliphatic carbocycles. The van der Waals surface area contributed by atoms with Crippen molar-refractivity contribution in [1.82, 2.24) is 4.57 Å².